The molecule has 1 unspecified atom stereocenters. The monoisotopic (exact) mass is 690 g/mol. The number of amides is 1. The lowest BCUT2D eigenvalue weighted by Gasteiger charge is -2.29. The molecule has 5 aromatic rings. The third-order valence-corrected chi connectivity index (χ3v) is 9.48. The molecule has 2 aromatic heterocycles. The van der Waals surface area contributed by atoms with Crippen LogP contribution in [0, 0.1) is 21.4 Å². The molecule has 1 atom stereocenters. The van der Waals surface area contributed by atoms with E-state index in [4.69, 9.17) is 27.9 Å². The fraction of sp³-hybridized carbons (Fsp3) is 0.290. The fourth-order valence-electron chi connectivity index (χ4n) is 6.14. The summed E-state index contributed by atoms with van der Waals surface area (Å²) in [6.07, 6.45) is 5.03. The Morgan fingerprint density at radius 1 is 0.979 bits per heavy atom. The van der Waals surface area contributed by atoms with E-state index in [-0.39, 0.29) is 34.0 Å². The molecular weight excluding hydrogens is 663 g/mol. The Morgan fingerprint density at radius 2 is 1.56 bits per heavy atom. The minimum absolute atomic E-state index is 0.0391. The Hall–Kier alpha value is -5.28. The maximum Gasteiger partial charge on any atom is 0.269 e. The molecule has 1 fully saturated rings. The first-order chi connectivity index (χ1) is 23.1. The zero-order valence-electron chi connectivity index (χ0n) is 25.4. The van der Waals surface area contributed by atoms with Gasteiger partial charge in [-0.3, -0.25) is 19.7 Å². The molecule has 15 nitrogen and oxygen atoms in total. The van der Waals surface area contributed by atoms with Crippen molar-refractivity contribution in [1.82, 2.24) is 41.2 Å². The Balaban J connectivity index is 0.000000239. The van der Waals surface area contributed by atoms with Crippen molar-refractivity contribution >= 4 is 46.3 Å². The van der Waals surface area contributed by atoms with Crippen LogP contribution in [0.15, 0.2) is 54.6 Å². The second-order valence-corrected chi connectivity index (χ2v) is 12.4. The molecule has 1 saturated carbocycles. The molecular formula is C31H28Cl2N10O5. The highest BCUT2D eigenvalue weighted by atomic mass is 35.5. The molecule has 0 aliphatic heterocycles. The Labute approximate surface area is 282 Å². The highest BCUT2D eigenvalue weighted by Gasteiger charge is 2.49. The maximum absolute atomic E-state index is 13.3. The summed E-state index contributed by atoms with van der Waals surface area (Å²) in [7, 11) is 0. The highest BCUT2D eigenvalue weighted by molar-refractivity contribution is 6.45. The van der Waals surface area contributed by atoms with E-state index >= 15 is 0 Å². The number of hydrogen-bond donors (Lipinski definition) is 3. The number of aromatic amines is 2. The van der Waals surface area contributed by atoms with Crippen LogP contribution in [-0.2, 0) is 11.2 Å². The second kappa shape index (κ2) is 13.8. The van der Waals surface area contributed by atoms with Crippen molar-refractivity contribution in [2.75, 3.05) is 11.9 Å². The first kappa shape index (κ1) is 32.7. The SMILES string of the molecule is CC1(C2CCCC2)Cc2cc(OCC(=O)Nc3ccc(-c4nn[nH]n4)cc3)c(Cl)c(Cl)c2C1=O.O=[N+]([O-])c1ccc(-c2nn[nH]n2)cc1. The highest BCUT2D eigenvalue weighted by Crippen LogP contribution is 2.52. The third-order valence-electron chi connectivity index (χ3n) is 8.63. The van der Waals surface area contributed by atoms with Crippen molar-refractivity contribution in [3.05, 3.63) is 85.9 Å². The number of ketones is 1. The molecule has 2 aliphatic carbocycles. The predicted molar refractivity (Wildman–Crippen MR) is 175 cm³/mol. The smallest absolute Gasteiger partial charge is 0.269 e. The largest absolute Gasteiger partial charge is 0.482 e. The number of nitro benzene ring substituents is 1. The summed E-state index contributed by atoms with van der Waals surface area (Å²) in [4.78, 5) is 35.6. The number of carbonyl (C=O) groups is 2. The molecule has 246 valence electrons. The minimum atomic E-state index is -0.463. The predicted octanol–water partition coefficient (Wildman–Crippen LogP) is 5.90. The Bertz CT molecular complexity index is 1930. The first-order valence-corrected chi connectivity index (χ1v) is 15.7. The number of non-ortho nitro benzene ring substituents is 1. The van der Waals surface area contributed by atoms with Crippen LogP contribution >= 0.6 is 23.2 Å². The number of anilines is 1. The lowest BCUT2D eigenvalue weighted by atomic mass is 9.73. The van der Waals surface area contributed by atoms with Gasteiger partial charge in [0.1, 0.15) is 10.8 Å². The van der Waals surface area contributed by atoms with Crippen molar-refractivity contribution in [2.24, 2.45) is 11.3 Å². The summed E-state index contributed by atoms with van der Waals surface area (Å²) in [5.74, 6) is 1.24. The van der Waals surface area contributed by atoms with Gasteiger partial charge in [0.15, 0.2) is 12.4 Å². The van der Waals surface area contributed by atoms with Crippen LogP contribution in [-0.4, -0.2) is 64.5 Å². The molecule has 48 heavy (non-hydrogen) atoms. The van der Waals surface area contributed by atoms with Gasteiger partial charge in [-0.1, -0.05) is 43.0 Å². The molecule has 7 rings (SSSR count). The van der Waals surface area contributed by atoms with Gasteiger partial charge in [-0.05, 0) is 83.6 Å². The van der Waals surface area contributed by atoms with E-state index in [2.05, 4.69) is 46.6 Å². The minimum Gasteiger partial charge on any atom is -0.482 e. The van der Waals surface area contributed by atoms with Crippen LogP contribution in [0.2, 0.25) is 10.0 Å². The number of rotatable bonds is 8. The van der Waals surface area contributed by atoms with Crippen molar-refractivity contribution in [3.8, 4) is 28.5 Å². The number of hydrogen-bond acceptors (Lipinski definition) is 11. The number of fused-ring (bicyclic) bond motifs is 1. The van der Waals surface area contributed by atoms with E-state index in [0.29, 0.717) is 46.6 Å². The summed E-state index contributed by atoms with van der Waals surface area (Å²) in [5, 5.41) is 40.4. The number of carbonyl (C=O) groups excluding carboxylic acids is 2. The number of Topliss-reactive ketones (excluding diaryl/α,β-unsaturated/α-hetero) is 1. The van der Waals surface area contributed by atoms with E-state index in [1.54, 1.807) is 42.5 Å². The van der Waals surface area contributed by atoms with Gasteiger partial charge in [-0.2, -0.15) is 10.4 Å². The molecule has 2 heterocycles. The summed E-state index contributed by atoms with van der Waals surface area (Å²) >= 11 is 13.0. The molecule has 0 saturated heterocycles. The summed E-state index contributed by atoms with van der Waals surface area (Å²) in [6.45, 7) is 1.78. The van der Waals surface area contributed by atoms with Gasteiger partial charge in [0.2, 0.25) is 11.6 Å². The molecule has 0 spiro atoms. The number of halogens is 2. The quantitative estimate of drug-likeness (QED) is 0.129. The Kier molecular flexibility index (Phi) is 9.41. The summed E-state index contributed by atoms with van der Waals surface area (Å²) < 4.78 is 5.72. The number of aromatic nitrogens is 8. The third kappa shape index (κ3) is 6.73. The van der Waals surface area contributed by atoms with Gasteiger partial charge in [0, 0.05) is 39.9 Å². The normalized spacial score (nSPS) is 17.0. The molecule has 1 amide bonds. The van der Waals surface area contributed by atoms with E-state index in [1.807, 2.05) is 6.92 Å². The fourth-order valence-corrected chi connectivity index (χ4v) is 6.64. The van der Waals surface area contributed by atoms with Gasteiger partial charge in [-0.25, -0.2) is 0 Å². The van der Waals surface area contributed by atoms with Crippen LogP contribution in [0.5, 0.6) is 5.75 Å². The molecule has 2 aliphatic rings. The number of nitrogens with zero attached hydrogens (tertiary/aromatic N) is 7. The van der Waals surface area contributed by atoms with Crippen LogP contribution in [0.1, 0.15) is 48.5 Å². The van der Waals surface area contributed by atoms with Gasteiger partial charge in [0.05, 0.1) is 9.95 Å². The average Bonchev–Trinajstić information content (AvgIpc) is 3.92. The lowest BCUT2D eigenvalue weighted by Crippen LogP contribution is -2.32. The molecule has 3 aromatic carbocycles. The topological polar surface area (TPSA) is 207 Å². The number of benzene rings is 3. The molecule has 0 radical (unpaired) electrons. The number of tetrazole rings is 2. The molecule has 17 heteroatoms. The van der Waals surface area contributed by atoms with Gasteiger partial charge < -0.3 is 10.1 Å². The van der Waals surface area contributed by atoms with Crippen molar-refractivity contribution < 1.29 is 19.2 Å². The standard InChI is InChI=1S/C24H23Cl2N5O3.C7H5N5O2/c1-24(15-4-2-3-5-15)11-14-10-17(20(25)21(26)19(14)22(24)33)34-12-18(32)27-16-8-6-13(7-9-16)23-28-30-31-29-23;13-12(14)6-3-1-5(2-4-6)7-8-10-11-9-7/h6-10,15H,2-5,11-12H2,1H3,(H,27,32)(H,28,29,30,31);1-4H,(H,8,9,10,11). The summed E-state index contributed by atoms with van der Waals surface area (Å²) in [5.41, 5.74) is 2.95. The van der Waals surface area contributed by atoms with E-state index in [1.165, 1.54) is 12.1 Å². The average molecular weight is 692 g/mol. The van der Waals surface area contributed by atoms with E-state index < -0.39 is 10.3 Å². The molecule has 3 N–H and O–H groups in total. The molecule has 0 bridgehead atoms. The van der Waals surface area contributed by atoms with Crippen molar-refractivity contribution in [3.63, 3.8) is 0 Å². The number of nitrogens with one attached hydrogen (secondary N) is 3. The van der Waals surface area contributed by atoms with Gasteiger partial charge in [0.25, 0.3) is 11.6 Å². The Morgan fingerprint density at radius 3 is 2.10 bits per heavy atom. The maximum atomic E-state index is 13.3. The lowest BCUT2D eigenvalue weighted by molar-refractivity contribution is -0.384. The zero-order valence-corrected chi connectivity index (χ0v) is 27.0. The first-order valence-electron chi connectivity index (χ1n) is 14.9. The van der Waals surface area contributed by atoms with Crippen LogP contribution in [0.4, 0.5) is 11.4 Å². The summed E-state index contributed by atoms with van der Waals surface area (Å²) in [6, 6.07) is 14.7. The second-order valence-electron chi connectivity index (χ2n) is 11.6. The van der Waals surface area contributed by atoms with E-state index in [0.717, 1.165) is 36.8 Å². The number of ether oxygens (including phenoxy) is 1. The van der Waals surface area contributed by atoms with Crippen molar-refractivity contribution in [2.45, 2.75) is 39.0 Å². The van der Waals surface area contributed by atoms with Crippen LogP contribution in [0.3, 0.4) is 0 Å². The van der Waals surface area contributed by atoms with Gasteiger partial charge in [-0.15, -0.1) is 20.4 Å². The van der Waals surface area contributed by atoms with Crippen LogP contribution < -0.4 is 10.1 Å². The van der Waals surface area contributed by atoms with Crippen molar-refractivity contribution in [1.29, 1.82) is 0 Å². The zero-order chi connectivity index (χ0) is 33.8. The van der Waals surface area contributed by atoms with E-state index in [9.17, 15) is 19.7 Å². The number of H-pyrrole nitrogens is 2. The van der Waals surface area contributed by atoms with Gasteiger partial charge >= 0.3 is 0 Å². The van der Waals surface area contributed by atoms with Crippen LogP contribution in [0.25, 0.3) is 22.8 Å². The number of nitro groups is 1.